The minimum absolute atomic E-state index is 0.0417. The van der Waals surface area contributed by atoms with Gasteiger partial charge in [0.25, 0.3) is 0 Å². The normalized spacial score (nSPS) is 13.9. The van der Waals surface area contributed by atoms with Crippen molar-refractivity contribution in [3.05, 3.63) is 30.3 Å². The smallest absolute Gasteiger partial charge is 0.308 e. The Labute approximate surface area is 89.7 Å². The zero-order valence-electron chi connectivity index (χ0n) is 8.14. The molecule has 3 heteroatoms. The molecule has 1 aliphatic rings. The van der Waals surface area contributed by atoms with Crippen LogP contribution in [0.25, 0.3) is 0 Å². The van der Waals surface area contributed by atoms with Crippen LogP contribution in [0.2, 0.25) is 0 Å². The minimum Gasteiger partial charge on any atom is -0.469 e. The van der Waals surface area contributed by atoms with E-state index in [4.69, 9.17) is 0 Å². The molecule has 2 nitrogen and oxygen atoms in total. The lowest BCUT2D eigenvalue weighted by molar-refractivity contribution is -0.142. The van der Waals surface area contributed by atoms with Crippen molar-refractivity contribution in [1.82, 2.24) is 0 Å². The number of rotatable bonds is 1. The lowest BCUT2D eigenvalue weighted by Gasteiger charge is -1.89. The molecule has 14 heavy (non-hydrogen) atoms. The molecule has 0 saturated heterocycles. The summed E-state index contributed by atoms with van der Waals surface area (Å²) in [4.78, 5) is 11.4. The molecule has 0 radical (unpaired) electrons. The Morgan fingerprint density at radius 1 is 1.36 bits per heavy atom. The van der Waals surface area contributed by atoms with E-state index in [1.54, 1.807) is 0 Å². The molecule has 1 saturated carbocycles. The first-order valence-corrected chi connectivity index (χ1v) is 5.00. The second kappa shape index (κ2) is 5.70. The molecule has 1 aliphatic carbocycles. The number of ether oxygens (including phenoxy) is 1. The summed E-state index contributed by atoms with van der Waals surface area (Å²) in [5, 5.41) is 0. The fourth-order valence-electron chi connectivity index (χ4n) is 0.914. The molecule has 0 N–H and O–H groups in total. The van der Waals surface area contributed by atoms with E-state index in [0.717, 1.165) is 17.7 Å². The van der Waals surface area contributed by atoms with Gasteiger partial charge >= 0.3 is 5.97 Å². The number of carbonyl (C=O) groups excluding carboxylic acids is 1. The van der Waals surface area contributed by atoms with Gasteiger partial charge in [0.15, 0.2) is 0 Å². The maximum absolute atomic E-state index is 10.4. The van der Waals surface area contributed by atoms with Gasteiger partial charge in [-0.25, -0.2) is 0 Å². The molecule has 0 bridgehead atoms. The highest BCUT2D eigenvalue weighted by Crippen LogP contribution is 2.29. The number of methoxy groups -OCH3 is 1. The average molecular weight is 210 g/mol. The van der Waals surface area contributed by atoms with Gasteiger partial charge in [0.2, 0.25) is 0 Å². The van der Waals surface area contributed by atoms with E-state index in [1.165, 1.54) is 7.11 Å². The van der Waals surface area contributed by atoms with Gasteiger partial charge in [0, 0.05) is 4.90 Å². The topological polar surface area (TPSA) is 26.3 Å². The molecule has 0 aliphatic heterocycles. The van der Waals surface area contributed by atoms with Gasteiger partial charge in [-0.3, -0.25) is 4.79 Å². The Morgan fingerprint density at radius 2 is 1.93 bits per heavy atom. The number of hydrogen-bond donors (Lipinski definition) is 1. The molecule has 0 spiro atoms. The van der Waals surface area contributed by atoms with E-state index in [2.05, 4.69) is 17.4 Å². The van der Waals surface area contributed by atoms with Gasteiger partial charge in [0.1, 0.15) is 0 Å². The number of thiol groups is 1. The fourth-order valence-corrected chi connectivity index (χ4v) is 1.09. The van der Waals surface area contributed by atoms with Crippen LogP contribution in [0.1, 0.15) is 12.8 Å². The Balaban J connectivity index is 0.000000140. The maximum atomic E-state index is 10.4. The zero-order valence-corrected chi connectivity index (χ0v) is 9.04. The van der Waals surface area contributed by atoms with Crippen molar-refractivity contribution >= 4 is 18.6 Å². The van der Waals surface area contributed by atoms with E-state index in [9.17, 15) is 4.79 Å². The summed E-state index contributed by atoms with van der Waals surface area (Å²) in [7, 11) is 1.43. The Hall–Kier alpha value is -0.960. The molecule has 0 aromatic heterocycles. The average Bonchev–Trinajstić information content (AvgIpc) is 3.02. The first-order valence-electron chi connectivity index (χ1n) is 4.56. The van der Waals surface area contributed by atoms with Gasteiger partial charge in [-0.15, -0.1) is 12.6 Å². The summed E-state index contributed by atoms with van der Waals surface area (Å²) in [5.74, 6) is 0.213. The first kappa shape index (κ1) is 11.1. The van der Waals surface area contributed by atoms with Crippen LogP contribution in [0.15, 0.2) is 35.2 Å². The van der Waals surface area contributed by atoms with Crippen LogP contribution in [0.3, 0.4) is 0 Å². The van der Waals surface area contributed by atoms with Crippen LogP contribution in [0.5, 0.6) is 0 Å². The molecule has 1 aromatic rings. The van der Waals surface area contributed by atoms with E-state index < -0.39 is 0 Å². The molecule has 1 aromatic carbocycles. The summed E-state index contributed by atoms with van der Waals surface area (Å²) in [6.07, 6.45) is 2.07. The zero-order chi connectivity index (χ0) is 10.4. The van der Waals surface area contributed by atoms with Crippen LogP contribution in [-0.4, -0.2) is 13.1 Å². The van der Waals surface area contributed by atoms with Gasteiger partial charge in [-0.1, -0.05) is 18.2 Å². The SMILES string of the molecule is COC(=O)C1CC1.Sc1ccccc1. The highest BCUT2D eigenvalue weighted by molar-refractivity contribution is 7.80. The summed E-state index contributed by atoms with van der Waals surface area (Å²) in [5.41, 5.74) is 0. The second-order valence-electron chi connectivity index (χ2n) is 3.13. The van der Waals surface area contributed by atoms with Crippen LogP contribution in [0, 0.1) is 5.92 Å². The quantitative estimate of drug-likeness (QED) is 0.569. The third-order valence-corrected chi connectivity index (χ3v) is 2.17. The number of esters is 1. The molecule has 0 heterocycles. The lowest BCUT2D eigenvalue weighted by Crippen LogP contribution is -2.00. The molecular formula is C11H14O2S. The largest absolute Gasteiger partial charge is 0.469 e. The van der Waals surface area contributed by atoms with Crippen molar-refractivity contribution in [3.63, 3.8) is 0 Å². The summed E-state index contributed by atoms with van der Waals surface area (Å²) in [6.45, 7) is 0. The van der Waals surface area contributed by atoms with Gasteiger partial charge in [-0.2, -0.15) is 0 Å². The van der Waals surface area contributed by atoms with E-state index in [1.807, 2.05) is 30.3 Å². The Kier molecular flexibility index (Phi) is 4.53. The van der Waals surface area contributed by atoms with Crippen molar-refractivity contribution in [3.8, 4) is 0 Å². The third-order valence-electron chi connectivity index (χ3n) is 1.87. The van der Waals surface area contributed by atoms with E-state index in [-0.39, 0.29) is 11.9 Å². The maximum Gasteiger partial charge on any atom is 0.308 e. The van der Waals surface area contributed by atoms with Crippen LogP contribution < -0.4 is 0 Å². The molecule has 76 valence electrons. The lowest BCUT2D eigenvalue weighted by atomic mass is 10.4. The third kappa shape index (κ3) is 4.33. The Bertz CT molecular complexity index is 281. The Morgan fingerprint density at radius 3 is 2.14 bits per heavy atom. The molecule has 0 amide bonds. The summed E-state index contributed by atoms with van der Waals surface area (Å²) in [6, 6.07) is 9.79. The van der Waals surface area contributed by atoms with Crippen molar-refractivity contribution in [2.24, 2.45) is 5.92 Å². The minimum atomic E-state index is -0.0417. The summed E-state index contributed by atoms with van der Waals surface area (Å²) >= 11 is 4.08. The standard InChI is InChI=1S/C6H6S.C5H8O2/c7-6-4-2-1-3-5-6;1-7-5(6)4-2-3-4/h1-5,7H;4H,2-3H2,1H3. The number of hydrogen-bond acceptors (Lipinski definition) is 3. The van der Waals surface area contributed by atoms with Crippen LogP contribution in [-0.2, 0) is 9.53 Å². The van der Waals surface area contributed by atoms with E-state index in [0.29, 0.717) is 0 Å². The van der Waals surface area contributed by atoms with Crippen molar-refractivity contribution in [2.75, 3.05) is 7.11 Å². The molecule has 2 rings (SSSR count). The molecule has 1 fully saturated rings. The first-order chi connectivity index (χ1) is 6.74. The highest BCUT2D eigenvalue weighted by Gasteiger charge is 2.30. The molecular weight excluding hydrogens is 196 g/mol. The monoisotopic (exact) mass is 210 g/mol. The van der Waals surface area contributed by atoms with Crippen LogP contribution in [0.4, 0.5) is 0 Å². The van der Waals surface area contributed by atoms with Gasteiger partial charge in [-0.05, 0) is 25.0 Å². The predicted octanol–water partition coefficient (Wildman–Crippen LogP) is 2.54. The van der Waals surface area contributed by atoms with Crippen molar-refractivity contribution in [1.29, 1.82) is 0 Å². The van der Waals surface area contributed by atoms with Gasteiger partial charge in [0.05, 0.1) is 13.0 Å². The second-order valence-corrected chi connectivity index (χ2v) is 3.65. The highest BCUT2D eigenvalue weighted by atomic mass is 32.1. The van der Waals surface area contributed by atoms with E-state index >= 15 is 0 Å². The van der Waals surface area contributed by atoms with Crippen LogP contribution >= 0.6 is 12.6 Å². The predicted molar refractivity (Wildman–Crippen MR) is 58.4 cm³/mol. The number of carbonyl (C=O) groups is 1. The van der Waals surface area contributed by atoms with Gasteiger partial charge < -0.3 is 4.74 Å². The fraction of sp³-hybridized carbons (Fsp3) is 0.364. The number of benzene rings is 1. The molecule has 0 unspecified atom stereocenters. The van der Waals surface area contributed by atoms with Crippen molar-refractivity contribution < 1.29 is 9.53 Å². The summed E-state index contributed by atoms with van der Waals surface area (Å²) < 4.78 is 4.44. The van der Waals surface area contributed by atoms with Crippen molar-refractivity contribution in [2.45, 2.75) is 17.7 Å². The molecule has 0 atom stereocenters.